The fourth-order valence-electron chi connectivity index (χ4n) is 4.38. The van der Waals surface area contributed by atoms with E-state index < -0.39 is 11.6 Å². The van der Waals surface area contributed by atoms with E-state index in [4.69, 9.17) is 4.42 Å². The number of urea groups is 1. The first-order valence-electron chi connectivity index (χ1n) is 11.0. The van der Waals surface area contributed by atoms with E-state index in [1.54, 1.807) is 23.1 Å². The minimum Gasteiger partial charge on any atom is -0.438 e. The highest BCUT2D eigenvalue weighted by atomic mass is 19.1. The standard InChI is InChI=1S/C26H23F2N3O2/c1-2-16-6-3-4-7-21(16)30-26(32)31-13-5-8-23(31)25-29-22-14-17(9-12-24(22)33-25)19-11-10-18(27)15-20(19)28/h3-4,6-7,9-12,14-15,23H,2,5,8,13H2,1H3,(H,30,32)/t23-/m1/s1. The summed E-state index contributed by atoms with van der Waals surface area (Å²) in [6, 6.07) is 15.9. The average molecular weight is 447 g/mol. The van der Waals surface area contributed by atoms with E-state index in [1.165, 1.54) is 12.1 Å². The van der Waals surface area contributed by atoms with Crippen LogP contribution in [0.15, 0.2) is 65.1 Å². The number of oxazole rings is 1. The van der Waals surface area contributed by atoms with Gasteiger partial charge in [-0.15, -0.1) is 0 Å². The maximum Gasteiger partial charge on any atom is 0.322 e. The first-order chi connectivity index (χ1) is 16.0. The molecule has 1 atom stereocenters. The van der Waals surface area contributed by atoms with Crippen molar-refractivity contribution in [3.8, 4) is 11.1 Å². The predicted octanol–water partition coefficient (Wildman–Crippen LogP) is 6.70. The maximum atomic E-state index is 14.2. The molecule has 168 valence electrons. The Bertz CT molecular complexity index is 1330. The van der Waals surface area contributed by atoms with Gasteiger partial charge in [0.05, 0.1) is 0 Å². The zero-order chi connectivity index (χ0) is 22.9. The van der Waals surface area contributed by atoms with Crippen molar-refractivity contribution in [1.29, 1.82) is 0 Å². The second-order valence-corrected chi connectivity index (χ2v) is 8.15. The molecule has 0 spiro atoms. The van der Waals surface area contributed by atoms with Crippen LogP contribution in [0.5, 0.6) is 0 Å². The van der Waals surface area contributed by atoms with Crippen molar-refractivity contribution in [2.24, 2.45) is 0 Å². The summed E-state index contributed by atoms with van der Waals surface area (Å²) in [5.74, 6) is -0.801. The van der Waals surface area contributed by atoms with Crippen molar-refractivity contribution < 1.29 is 18.0 Å². The number of hydrogen-bond donors (Lipinski definition) is 1. The summed E-state index contributed by atoms with van der Waals surface area (Å²) in [6.07, 6.45) is 2.41. The normalized spacial score (nSPS) is 15.8. The molecule has 2 amide bonds. The van der Waals surface area contributed by atoms with Crippen LogP contribution < -0.4 is 5.32 Å². The summed E-state index contributed by atoms with van der Waals surface area (Å²) in [5.41, 5.74) is 3.87. The van der Waals surface area contributed by atoms with Gasteiger partial charge in [-0.3, -0.25) is 0 Å². The molecule has 2 heterocycles. The van der Waals surface area contributed by atoms with Crippen LogP contribution >= 0.6 is 0 Å². The topological polar surface area (TPSA) is 58.4 Å². The summed E-state index contributed by atoms with van der Waals surface area (Å²) >= 11 is 0. The third-order valence-electron chi connectivity index (χ3n) is 6.08. The molecule has 0 radical (unpaired) electrons. The van der Waals surface area contributed by atoms with Crippen molar-refractivity contribution in [3.63, 3.8) is 0 Å². The molecular formula is C26H23F2N3O2. The van der Waals surface area contributed by atoms with E-state index >= 15 is 0 Å². The molecule has 0 saturated carbocycles. The third kappa shape index (κ3) is 4.06. The van der Waals surface area contributed by atoms with Crippen molar-refractivity contribution in [1.82, 2.24) is 9.88 Å². The smallest absolute Gasteiger partial charge is 0.322 e. The molecule has 0 unspecified atom stereocenters. The molecule has 1 aliphatic heterocycles. The van der Waals surface area contributed by atoms with Gasteiger partial charge in [-0.1, -0.05) is 31.2 Å². The number of para-hydroxylation sites is 1. The number of carbonyl (C=O) groups is 1. The van der Waals surface area contributed by atoms with Crippen molar-refractivity contribution >= 4 is 22.8 Å². The number of nitrogens with one attached hydrogen (secondary N) is 1. The van der Waals surface area contributed by atoms with Crippen molar-refractivity contribution in [2.45, 2.75) is 32.2 Å². The first-order valence-corrected chi connectivity index (χ1v) is 11.0. The fraction of sp³-hybridized carbons (Fsp3) is 0.231. The lowest BCUT2D eigenvalue weighted by Gasteiger charge is -2.23. The van der Waals surface area contributed by atoms with E-state index in [9.17, 15) is 13.6 Å². The SMILES string of the molecule is CCc1ccccc1NC(=O)N1CCC[C@@H]1c1nc2cc(-c3ccc(F)cc3F)ccc2o1. The summed E-state index contributed by atoms with van der Waals surface area (Å²) in [4.78, 5) is 19.4. The molecule has 1 fully saturated rings. The Hall–Kier alpha value is -3.74. The Morgan fingerprint density at radius 2 is 2.00 bits per heavy atom. The van der Waals surface area contributed by atoms with E-state index in [-0.39, 0.29) is 12.1 Å². The molecule has 1 aromatic heterocycles. The Morgan fingerprint density at radius 3 is 2.82 bits per heavy atom. The van der Waals surface area contributed by atoms with Gasteiger partial charge in [0, 0.05) is 23.9 Å². The van der Waals surface area contributed by atoms with Crippen LogP contribution in [-0.4, -0.2) is 22.5 Å². The van der Waals surface area contributed by atoms with Crippen LogP contribution in [-0.2, 0) is 6.42 Å². The van der Waals surface area contributed by atoms with Gasteiger partial charge in [0.15, 0.2) is 5.58 Å². The third-order valence-corrected chi connectivity index (χ3v) is 6.08. The van der Waals surface area contributed by atoms with Gasteiger partial charge in [-0.25, -0.2) is 18.6 Å². The Kier molecular flexibility index (Phi) is 5.54. The molecule has 0 aliphatic carbocycles. The highest BCUT2D eigenvalue weighted by molar-refractivity contribution is 5.90. The molecule has 1 N–H and O–H groups in total. The summed E-state index contributed by atoms with van der Waals surface area (Å²) in [6.45, 7) is 2.66. The number of benzene rings is 3. The van der Waals surface area contributed by atoms with Gasteiger partial charge < -0.3 is 14.6 Å². The molecule has 1 aliphatic rings. The number of hydrogen-bond acceptors (Lipinski definition) is 3. The number of nitrogens with zero attached hydrogens (tertiary/aromatic N) is 2. The lowest BCUT2D eigenvalue weighted by atomic mass is 10.0. The monoisotopic (exact) mass is 447 g/mol. The lowest BCUT2D eigenvalue weighted by Crippen LogP contribution is -2.34. The summed E-state index contributed by atoms with van der Waals surface area (Å²) in [5, 5.41) is 3.02. The molecule has 0 bridgehead atoms. The summed E-state index contributed by atoms with van der Waals surface area (Å²) < 4.78 is 33.5. The van der Waals surface area contributed by atoms with Crippen LogP contribution in [0.4, 0.5) is 19.3 Å². The van der Waals surface area contributed by atoms with Crippen LogP contribution in [0.2, 0.25) is 0 Å². The fourth-order valence-corrected chi connectivity index (χ4v) is 4.38. The van der Waals surface area contributed by atoms with Crippen LogP contribution in [0.25, 0.3) is 22.2 Å². The predicted molar refractivity (Wildman–Crippen MR) is 123 cm³/mol. The molecular weight excluding hydrogens is 424 g/mol. The number of rotatable bonds is 4. The van der Waals surface area contributed by atoms with Gasteiger partial charge >= 0.3 is 6.03 Å². The Labute approximate surface area is 190 Å². The lowest BCUT2D eigenvalue weighted by molar-refractivity contribution is 0.199. The van der Waals surface area contributed by atoms with Gasteiger partial charge in [-0.05, 0) is 60.7 Å². The second kappa shape index (κ2) is 8.65. The van der Waals surface area contributed by atoms with Crippen molar-refractivity contribution in [2.75, 3.05) is 11.9 Å². The number of likely N-dealkylation sites (tertiary alicyclic amines) is 1. The molecule has 5 nitrogen and oxygen atoms in total. The quantitative estimate of drug-likeness (QED) is 0.378. The highest BCUT2D eigenvalue weighted by Crippen LogP contribution is 2.35. The molecule has 4 aromatic rings. The number of aromatic nitrogens is 1. The van der Waals surface area contributed by atoms with E-state index in [0.29, 0.717) is 34.7 Å². The van der Waals surface area contributed by atoms with E-state index in [0.717, 1.165) is 36.6 Å². The maximum absolute atomic E-state index is 14.2. The average Bonchev–Trinajstić information content (AvgIpc) is 3.46. The zero-order valence-electron chi connectivity index (χ0n) is 18.1. The number of fused-ring (bicyclic) bond motifs is 1. The molecule has 7 heteroatoms. The Balaban J connectivity index is 1.41. The number of carbonyl (C=O) groups excluding carboxylic acids is 1. The minimum atomic E-state index is -0.635. The molecule has 3 aromatic carbocycles. The number of amides is 2. The molecule has 1 saturated heterocycles. The zero-order valence-corrected chi connectivity index (χ0v) is 18.1. The van der Waals surface area contributed by atoms with Crippen LogP contribution in [0.1, 0.15) is 37.3 Å². The van der Waals surface area contributed by atoms with Gasteiger partial charge in [-0.2, -0.15) is 0 Å². The van der Waals surface area contributed by atoms with Gasteiger partial charge in [0.25, 0.3) is 0 Å². The largest absolute Gasteiger partial charge is 0.438 e. The molecule has 33 heavy (non-hydrogen) atoms. The highest BCUT2D eigenvalue weighted by Gasteiger charge is 2.34. The van der Waals surface area contributed by atoms with Crippen molar-refractivity contribution in [3.05, 3.63) is 83.8 Å². The van der Waals surface area contributed by atoms with Crippen LogP contribution in [0.3, 0.4) is 0 Å². The summed E-state index contributed by atoms with van der Waals surface area (Å²) in [7, 11) is 0. The number of aryl methyl sites for hydroxylation is 1. The van der Waals surface area contributed by atoms with Gasteiger partial charge in [0.1, 0.15) is 23.2 Å². The first kappa shape index (κ1) is 21.1. The second-order valence-electron chi connectivity index (χ2n) is 8.15. The molecule has 5 rings (SSSR count). The van der Waals surface area contributed by atoms with Crippen LogP contribution in [0, 0.1) is 11.6 Å². The van der Waals surface area contributed by atoms with E-state index in [1.807, 2.05) is 31.2 Å². The van der Waals surface area contributed by atoms with Gasteiger partial charge in [0.2, 0.25) is 5.89 Å². The van der Waals surface area contributed by atoms with E-state index in [2.05, 4.69) is 10.3 Å². The number of anilines is 1. The minimum absolute atomic E-state index is 0.185. The Morgan fingerprint density at radius 1 is 1.15 bits per heavy atom. The number of halogens is 2.